The van der Waals surface area contributed by atoms with E-state index < -0.39 is 10.0 Å². The quantitative estimate of drug-likeness (QED) is 0.701. The highest BCUT2D eigenvalue weighted by Gasteiger charge is 2.24. The van der Waals surface area contributed by atoms with Crippen LogP contribution in [-0.4, -0.2) is 26.9 Å². The van der Waals surface area contributed by atoms with E-state index >= 15 is 0 Å². The van der Waals surface area contributed by atoms with Crippen molar-refractivity contribution in [3.8, 4) is 0 Å². The van der Waals surface area contributed by atoms with Crippen molar-refractivity contribution in [2.24, 2.45) is 5.73 Å². The zero-order valence-corrected chi connectivity index (χ0v) is 12.1. The second kappa shape index (κ2) is 5.90. The lowest BCUT2D eigenvalue weighted by atomic mass is 10.1. The molecule has 7 heteroatoms. The summed E-state index contributed by atoms with van der Waals surface area (Å²) in [6, 6.07) is 6.37. The average molecular weight is 297 g/mol. The lowest BCUT2D eigenvalue weighted by Gasteiger charge is -2.10. The van der Waals surface area contributed by atoms with Gasteiger partial charge >= 0.3 is 0 Å². The molecule has 0 spiro atoms. The third kappa shape index (κ3) is 4.03. The highest BCUT2D eigenvalue weighted by Crippen LogP contribution is 2.18. The van der Waals surface area contributed by atoms with Gasteiger partial charge in [0.05, 0.1) is 11.4 Å². The zero-order valence-electron chi connectivity index (χ0n) is 11.3. The van der Waals surface area contributed by atoms with E-state index in [0.29, 0.717) is 0 Å². The van der Waals surface area contributed by atoms with Gasteiger partial charge in [-0.15, -0.1) is 0 Å². The summed E-state index contributed by atoms with van der Waals surface area (Å²) in [5.74, 6) is -0.306. The molecule has 4 N–H and O–H groups in total. The second-order valence-corrected chi connectivity index (χ2v) is 6.79. The molecular formula is C13H19N3O3S. The van der Waals surface area contributed by atoms with Crippen molar-refractivity contribution in [3.63, 3.8) is 0 Å². The van der Waals surface area contributed by atoms with Crippen molar-refractivity contribution in [2.75, 3.05) is 6.54 Å². The largest absolute Gasteiger partial charge is 0.352 e. The summed E-state index contributed by atoms with van der Waals surface area (Å²) in [7, 11) is -3.69. The molecule has 20 heavy (non-hydrogen) atoms. The Morgan fingerprint density at radius 3 is 2.75 bits per heavy atom. The number of sulfonamides is 1. The predicted octanol–water partition coefficient (Wildman–Crippen LogP) is 0.263. The number of nitrogens with two attached hydrogens (primary N) is 1. The van der Waals surface area contributed by atoms with Gasteiger partial charge in [-0.05, 0) is 37.5 Å². The summed E-state index contributed by atoms with van der Waals surface area (Å²) in [5, 5.41) is 2.72. The van der Waals surface area contributed by atoms with E-state index in [-0.39, 0.29) is 29.4 Å². The Hall–Kier alpha value is -1.44. The van der Waals surface area contributed by atoms with Crippen LogP contribution in [0.3, 0.4) is 0 Å². The minimum absolute atomic E-state index is 0.117. The van der Waals surface area contributed by atoms with Crippen LogP contribution in [0.4, 0.5) is 0 Å². The Morgan fingerprint density at radius 2 is 2.15 bits per heavy atom. The van der Waals surface area contributed by atoms with Crippen LogP contribution < -0.4 is 15.8 Å². The van der Waals surface area contributed by atoms with E-state index in [1.54, 1.807) is 19.1 Å². The van der Waals surface area contributed by atoms with Crippen molar-refractivity contribution in [3.05, 3.63) is 29.8 Å². The molecule has 1 fully saturated rings. The Labute approximate surface area is 118 Å². The van der Waals surface area contributed by atoms with Gasteiger partial charge in [-0.2, -0.15) is 0 Å². The molecule has 0 radical (unpaired) electrons. The van der Waals surface area contributed by atoms with E-state index in [2.05, 4.69) is 10.0 Å². The first-order chi connectivity index (χ1) is 9.38. The van der Waals surface area contributed by atoms with Crippen LogP contribution in [-0.2, 0) is 14.8 Å². The number of amides is 1. The van der Waals surface area contributed by atoms with E-state index in [4.69, 9.17) is 5.73 Å². The Bertz CT molecular complexity index is 595. The molecule has 1 unspecified atom stereocenters. The van der Waals surface area contributed by atoms with Gasteiger partial charge in [0, 0.05) is 12.1 Å². The number of hydrogen-bond acceptors (Lipinski definition) is 4. The maximum absolute atomic E-state index is 12.1. The summed E-state index contributed by atoms with van der Waals surface area (Å²) < 4.78 is 26.5. The highest BCUT2D eigenvalue weighted by molar-refractivity contribution is 7.89. The van der Waals surface area contributed by atoms with Crippen LogP contribution in [0.1, 0.15) is 31.4 Å². The third-order valence-electron chi connectivity index (χ3n) is 3.06. The number of carbonyl (C=O) groups excluding carboxylic acids is 1. The summed E-state index contributed by atoms with van der Waals surface area (Å²) >= 11 is 0. The molecule has 0 aromatic heterocycles. The van der Waals surface area contributed by atoms with Gasteiger partial charge in [0.1, 0.15) is 0 Å². The third-order valence-corrected chi connectivity index (χ3v) is 4.46. The molecule has 1 atom stereocenters. The minimum atomic E-state index is -3.69. The lowest BCUT2D eigenvalue weighted by molar-refractivity contribution is -0.120. The van der Waals surface area contributed by atoms with Gasteiger partial charge in [0.2, 0.25) is 15.9 Å². The number of benzene rings is 1. The standard InChI is InChI=1S/C13H19N3O3S/c1-9(14)10-3-2-4-12(7-10)20(18,19)15-8-13(17)16-11-5-6-11/h2-4,7,9,11,15H,5-6,8,14H2,1H3,(H,16,17). The van der Waals surface area contributed by atoms with Crippen LogP contribution in [0.25, 0.3) is 0 Å². The summed E-state index contributed by atoms with van der Waals surface area (Å²) in [6.07, 6.45) is 1.93. The van der Waals surface area contributed by atoms with Gasteiger partial charge < -0.3 is 11.1 Å². The van der Waals surface area contributed by atoms with Gasteiger partial charge in [0.25, 0.3) is 0 Å². The van der Waals surface area contributed by atoms with Crippen molar-refractivity contribution < 1.29 is 13.2 Å². The fraction of sp³-hybridized carbons (Fsp3) is 0.462. The monoisotopic (exact) mass is 297 g/mol. The van der Waals surface area contributed by atoms with Crippen LogP contribution in [0.2, 0.25) is 0 Å². The zero-order chi connectivity index (χ0) is 14.8. The van der Waals surface area contributed by atoms with Gasteiger partial charge in [-0.1, -0.05) is 12.1 Å². The van der Waals surface area contributed by atoms with Crippen LogP contribution in [0, 0.1) is 0 Å². The first-order valence-electron chi connectivity index (χ1n) is 6.53. The molecular weight excluding hydrogens is 278 g/mol. The predicted molar refractivity (Wildman–Crippen MR) is 75.4 cm³/mol. The fourth-order valence-corrected chi connectivity index (χ4v) is 2.75. The maximum Gasteiger partial charge on any atom is 0.241 e. The Kier molecular flexibility index (Phi) is 4.42. The summed E-state index contributed by atoms with van der Waals surface area (Å²) in [5.41, 5.74) is 6.46. The van der Waals surface area contributed by atoms with Crippen molar-refractivity contribution in [1.29, 1.82) is 0 Å². The Morgan fingerprint density at radius 1 is 1.45 bits per heavy atom. The maximum atomic E-state index is 12.1. The van der Waals surface area contributed by atoms with E-state index in [1.165, 1.54) is 12.1 Å². The lowest BCUT2D eigenvalue weighted by Crippen LogP contribution is -2.37. The molecule has 1 saturated carbocycles. The molecule has 110 valence electrons. The van der Waals surface area contributed by atoms with E-state index in [0.717, 1.165) is 18.4 Å². The first-order valence-corrected chi connectivity index (χ1v) is 8.01. The smallest absolute Gasteiger partial charge is 0.241 e. The normalized spacial score (nSPS) is 16.7. The highest BCUT2D eigenvalue weighted by atomic mass is 32.2. The molecule has 0 bridgehead atoms. The molecule has 1 aliphatic carbocycles. The molecule has 1 aromatic rings. The van der Waals surface area contributed by atoms with Gasteiger partial charge in [-0.3, -0.25) is 4.79 Å². The molecule has 6 nitrogen and oxygen atoms in total. The van der Waals surface area contributed by atoms with Crippen LogP contribution >= 0.6 is 0 Å². The van der Waals surface area contributed by atoms with Crippen molar-refractivity contribution in [2.45, 2.75) is 36.7 Å². The molecule has 1 aromatic carbocycles. The first kappa shape index (κ1) is 15.0. The number of carbonyl (C=O) groups is 1. The second-order valence-electron chi connectivity index (χ2n) is 5.03. The van der Waals surface area contributed by atoms with Gasteiger partial charge in [0.15, 0.2) is 0 Å². The SMILES string of the molecule is CC(N)c1cccc(S(=O)(=O)NCC(=O)NC2CC2)c1. The van der Waals surface area contributed by atoms with E-state index in [1.807, 2.05) is 0 Å². The number of hydrogen-bond donors (Lipinski definition) is 3. The summed E-state index contributed by atoms with van der Waals surface area (Å²) in [6.45, 7) is 1.53. The van der Waals surface area contributed by atoms with E-state index in [9.17, 15) is 13.2 Å². The summed E-state index contributed by atoms with van der Waals surface area (Å²) in [4.78, 5) is 11.6. The number of nitrogens with one attached hydrogen (secondary N) is 2. The average Bonchev–Trinajstić information content (AvgIpc) is 3.20. The molecule has 0 aliphatic heterocycles. The molecule has 1 amide bonds. The minimum Gasteiger partial charge on any atom is -0.352 e. The fourth-order valence-electron chi connectivity index (χ4n) is 1.72. The molecule has 1 aliphatic rings. The molecule has 0 heterocycles. The topological polar surface area (TPSA) is 101 Å². The molecule has 2 rings (SSSR count). The Balaban J connectivity index is 2.01. The van der Waals surface area contributed by atoms with Crippen LogP contribution in [0.15, 0.2) is 29.2 Å². The molecule has 0 saturated heterocycles. The van der Waals surface area contributed by atoms with Crippen molar-refractivity contribution >= 4 is 15.9 Å². The van der Waals surface area contributed by atoms with Crippen molar-refractivity contribution in [1.82, 2.24) is 10.0 Å². The van der Waals surface area contributed by atoms with Gasteiger partial charge in [-0.25, -0.2) is 13.1 Å². The number of rotatable bonds is 6. The van der Waals surface area contributed by atoms with Crippen LogP contribution in [0.5, 0.6) is 0 Å².